The lowest BCUT2D eigenvalue weighted by Crippen LogP contribution is -2.17. The third kappa shape index (κ3) is 5.94. The molecule has 0 aliphatic carbocycles. The summed E-state index contributed by atoms with van der Waals surface area (Å²) in [7, 11) is 0. The van der Waals surface area contributed by atoms with Gasteiger partial charge in [-0.25, -0.2) is 4.98 Å². The molecule has 1 aromatic carbocycles. The molecule has 0 bridgehead atoms. The van der Waals surface area contributed by atoms with Gasteiger partial charge in [0.05, 0.1) is 11.3 Å². The van der Waals surface area contributed by atoms with Gasteiger partial charge in [0.2, 0.25) is 5.88 Å². The first-order chi connectivity index (χ1) is 13.8. The van der Waals surface area contributed by atoms with E-state index in [2.05, 4.69) is 10.1 Å². The average Bonchev–Trinajstić information content (AvgIpc) is 3.11. The predicted molar refractivity (Wildman–Crippen MR) is 97.3 cm³/mol. The van der Waals surface area contributed by atoms with E-state index in [4.69, 9.17) is 14.3 Å². The van der Waals surface area contributed by atoms with Crippen molar-refractivity contribution in [2.45, 2.75) is 38.7 Å². The summed E-state index contributed by atoms with van der Waals surface area (Å²) >= 11 is 0. The van der Waals surface area contributed by atoms with Crippen LogP contribution >= 0.6 is 0 Å². The summed E-state index contributed by atoms with van der Waals surface area (Å²) in [5, 5.41) is 3.96. The number of carbonyl (C=O) groups excluding carboxylic acids is 1. The fourth-order valence-corrected chi connectivity index (χ4v) is 2.60. The van der Waals surface area contributed by atoms with E-state index in [0.29, 0.717) is 35.6 Å². The Bertz CT molecular complexity index is 865. The zero-order chi connectivity index (χ0) is 20.9. The van der Waals surface area contributed by atoms with Crippen LogP contribution in [0.3, 0.4) is 0 Å². The molecular formula is C20H19F3N2O4. The van der Waals surface area contributed by atoms with E-state index >= 15 is 0 Å². The maximum absolute atomic E-state index is 12.5. The molecule has 154 valence electrons. The average molecular weight is 408 g/mol. The number of cyclic esters (lactones) is 1. The molecule has 0 spiro atoms. The lowest BCUT2D eigenvalue weighted by atomic mass is 10.1. The van der Waals surface area contributed by atoms with Gasteiger partial charge >= 0.3 is 12.1 Å². The maximum atomic E-state index is 12.5. The maximum Gasteiger partial charge on any atom is 0.416 e. The molecule has 9 heteroatoms. The number of ether oxygens (including phenoxy) is 2. The number of halogens is 3. The molecule has 0 amide bonds. The second-order valence-corrected chi connectivity index (χ2v) is 6.49. The molecule has 1 aliphatic rings. The van der Waals surface area contributed by atoms with Crippen LogP contribution in [0, 0.1) is 0 Å². The number of benzene rings is 1. The molecule has 1 aliphatic heterocycles. The Kier molecular flexibility index (Phi) is 6.36. The molecule has 1 aromatic heterocycles. The van der Waals surface area contributed by atoms with Gasteiger partial charge in [0.25, 0.3) is 0 Å². The minimum absolute atomic E-state index is 0.0458. The first kappa shape index (κ1) is 20.6. The van der Waals surface area contributed by atoms with Gasteiger partial charge in [0.15, 0.2) is 0 Å². The molecule has 2 heterocycles. The number of aromatic nitrogens is 1. The number of nitrogens with zero attached hydrogens (tertiary/aromatic N) is 2. The number of pyridine rings is 1. The standard InChI is InChI=1S/C20H19F3N2O4/c1-13(25-28-11-14-2-5-16(6-3-14)20(21,22)23)15-4-8-18(24-10-15)27-12-17-7-9-19(26)29-17/h2-6,8,10,17H,7,9,11-12H2,1H3/b25-13+. The van der Waals surface area contributed by atoms with Gasteiger partial charge in [-0.2, -0.15) is 13.2 Å². The number of oxime groups is 1. The Morgan fingerprint density at radius 2 is 2.00 bits per heavy atom. The predicted octanol–water partition coefficient (Wildman–Crippen LogP) is 4.13. The number of hydrogen-bond donors (Lipinski definition) is 0. The minimum atomic E-state index is -4.36. The highest BCUT2D eigenvalue weighted by Gasteiger charge is 2.29. The van der Waals surface area contributed by atoms with E-state index in [-0.39, 0.29) is 25.3 Å². The second kappa shape index (κ2) is 8.93. The minimum Gasteiger partial charge on any atom is -0.474 e. The van der Waals surface area contributed by atoms with Crippen molar-refractivity contribution >= 4 is 11.7 Å². The second-order valence-electron chi connectivity index (χ2n) is 6.49. The smallest absolute Gasteiger partial charge is 0.416 e. The van der Waals surface area contributed by atoms with Crippen molar-refractivity contribution in [3.63, 3.8) is 0 Å². The Balaban J connectivity index is 1.48. The first-order valence-corrected chi connectivity index (χ1v) is 8.92. The summed E-state index contributed by atoms with van der Waals surface area (Å²) in [6.07, 6.45) is -2.00. The highest BCUT2D eigenvalue weighted by atomic mass is 19.4. The fraction of sp³-hybridized carbons (Fsp3) is 0.350. The van der Waals surface area contributed by atoms with Crippen molar-refractivity contribution in [3.05, 3.63) is 59.3 Å². The topological polar surface area (TPSA) is 70.0 Å². The van der Waals surface area contributed by atoms with Gasteiger partial charge < -0.3 is 14.3 Å². The van der Waals surface area contributed by atoms with E-state index < -0.39 is 11.7 Å². The van der Waals surface area contributed by atoms with Gasteiger partial charge in [-0.15, -0.1) is 0 Å². The summed E-state index contributed by atoms with van der Waals surface area (Å²) in [5.41, 5.74) is 1.13. The lowest BCUT2D eigenvalue weighted by Gasteiger charge is -2.10. The third-order valence-electron chi connectivity index (χ3n) is 4.25. The summed E-state index contributed by atoms with van der Waals surface area (Å²) in [6.45, 7) is 2.02. The summed E-state index contributed by atoms with van der Waals surface area (Å²) in [6, 6.07) is 8.13. The molecule has 29 heavy (non-hydrogen) atoms. The number of alkyl halides is 3. The van der Waals surface area contributed by atoms with Gasteiger partial charge in [0.1, 0.15) is 19.3 Å². The highest BCUT2D eigenvalue weighted by molar-refractivity contribution is 5.98. The highest BCUT2D eigenvalue weighted by Crippen LogP contribution is 2.29. The first-order valence-electron chi connectivity index (χ1n) is 8.92. The molecule has 0 radical (unpaired) electrons. The zero-order valence-electron chi connectivity index (χ0n) is 15.6. The van der Waals surface area contributed by atoms with Crippen LogP contribution in [-0.2, 0) is 27.2 Å². The van der Waals surface area contributed by atoms with E-state index in [1.54, 1.807) is 25.3 Å². The molecule has 1 saturated heterocycles. The van der Waals surface area contributed by atoms with Crippen LogP contribution in [0.2, 0.25) is 0 Å². The fourth-order valence-electron chi connectivity index (χ4n) is 2.60. The van der Waals surface area contributed by atoms with E-state index in [1.807, 2.05) is 0 Å². The van der Waals surface area contributed by atoms with Crippen LogP contribution in [-0.4, -0.2) is 29.4 Å². The van der Waals surface area contributed by atoms with E-state index in [0.717, 1.165) is 12.1 Å². The third-order valence-corrected chi connectivity index (χ3v) is 4.25. The summed E-state index contributed by atoms with van der Waals surface area (Å²) in [5.74, 6) is 0.181. The normalized spacial score (nSPS) is 17.2. The Labute approximate surface area is 165 Å². The molecule has 1 fully saturated rings. The zero-order valence-corrected chi connectivity index (χ0v) is 15.6. The van der Waals surface area contributed by atoms with E-state index in [1.165, 1.54) is 12.1 Å². The largest absolute Gasteiger partial charge is 0.474 e. The molecular weight excluding hydrogens is 389 g/mol. The van der Waals surface area contributed by atoms with Gasteiger partial charge in [-0.1, -0.05) is 17.3 Å². The number of rotatable bonds is 7. The lowest BCUT2D eigenvalue weighted by molar-refractivity contribution is -0.142. The van der Waals surface area contributed by atoms with Crippen LogP contribution in [0.1, 0.15) is 36.5 Å². The van der Waals surface area contributed by atoms with Crippen molar-refractivity contribution in [2.24, 2.45) is 5.16 Å². The van der Waals surface area contributed by atoms with Gasteiger partial charge in [-0.3, -0.25) is 4.79 Å². The molecule has 1 atom stereocenters. The molecule has 0 saturated carbocycles. The quantitative estimate of drug-likeness (QED) is 0.392. The van der Waals surface area contributed by atoms with Crippen molar-refractivity contribution in [1.82, 2.24) is 4.98 Å². The van der Waals surface area contributed by atoms with Crippen LogP contribution in [0.4, 0.5) is 13.2 Å². The molecule has 6 nitrogen and oxygen atoms in total. The van der Waals surface area contributed by atoms with Crippen LogP contribution in [0.5, 0.6) is 5.88 Å². The Morgan fingerprint density at radius 3 is 2.59 bits per heavy atom. The SMILES string of the molecule is C/C(=N\OCc1ccc(C(F)(F)F)cc1)c1ccc(OCC2CCC(=O)O2)nc1. The van der Waals surface area contributed by atoms with Crippen molar-refractivity contribution in [1.29, 1.82) is 0 Å². The van der Waals surface area contributed by atoms with Gasteiger partial charge in [-0.05, 0) is 37.1 Å². The van der Waals surface area contributed by atoms with Crippen molar-refractivity contribution in [3.8, 4) is 5.88 Å². The Hall–Kier alpha value is -3.10. The number of carbonyl (C=O) groups is 1. The molecule has 3 rings (SSSR count). The van der Waals surface area contributed by atoms with Gasteiger partial charge in [0, 0.05) is 24.2 Å². The molecule has 1 unspecified atom stereocenters. The van der Waals surface area contributed by atoms with Crippen LogP contribution < -0.4 is 4.74 Å². The van der Waals surface area contributed by atoms with Crippen LogP contribution in [0.25, 0.3) is 0 Å². The number of esters is 1. The molecule has 0 N–H and O–H groups in total. The Morgan fingerprint density at radius 1 is 1.24 bits per heavy atom. The van der Waals surface area contributed by atoms with Crippen LogP contribution in [0.15, 0.2) is 47.8 Å². The summed E-state index contributed by atoms with van der Waals surface area (Å²) in [4.78, 5) is 20.4. The number of hydrogen-bond acceptors (Lipinski definition) is 6. The molecule has 2 aromatic rings. The summed E-state index contributed by atoms with van der Waals surface area (Å²) < 4.78 is 48.2. The van der Waals surface area contributed by atoms with E-state index in [9.17, 15) is 18.0 Å². The van der Waals surface area contributed by atoms with Crippen molar-refractivity contribution in [2.75, 3.05) is 6.61 Å². The monoisotopic (exact) mass is 408 g/mol. The van der Waals surface area contributed by atoms with Crippen molar-refractivity contribution < 1.29 is 32.3 Å².